The van der Waals surface area contributed by atoms with E-state index in [1.807, 2.05) is 0 Å². The lowest BCUT2D eigenvalue weighted by molar-refractivity contribution is -0.122. The molecule has 0 radical (unpaired) electrons. The molecule has 0 bridgehead atoms. The zero-order valence-corrected chi connectivity index (χ0v) is 37.1. The van der Waals surface area contributed by atoms with Crippen LogP contribution in [-0.4, -0.2) is 138 Å². The standard InChI is InChI=1S/C38H64N14O2S2/c1-35(2)19-25(20-36(3,4)49-35)41-31-43-29(39-23-27(53)51(9)10)45-33(47-31)55-17-15-13-14-16-18-56-34-46-30(40-24-28(54)52(11)12)44-32(48-34)42-26-21-37(5,6)50-38(7,8)22-26/h23-26,49-50H,13-22H2,1-12H3,(H,41,43,45,47)(H,42,44,46,48). The molecule has 2 fully saturated rings. The Kier molecular flexibility index (Phi) is 15.6. The first kappa shape index (κ1) is 45.2. The Balaban J connectivity index is 1.32. The summed E-state index contributed by atoms with van der Waals surface area (Å²) in [6.07, 6.45) is 10.2. The molecule has 2 saturated heterocycles. The number of aromatic nitrogens is 6. The third-order valence-electron chi connectivity index (χ3n) is 9.22. The molecule has 2 aliphatic heterocycles. The highest BCUT2D eigenvalue weighted by Crippen LogP contribution is 2.32. The molecule has 0 spiro atoms. The molecule has 18 heteroatoms. The third-order valence-corrected chi connectivity index (χ3v) is 11.1. The molecule has 0 unspecified atom stereocenters. The molecule has 0 aromatic carbocycles. The van der Waals surface area contributed by atoms with Gasteiger partial charge in [0.25, 0.3) is 23.7 Å². The summed E-state index contributed by atoms with van der Waals surface area (Å²) in [5.41, 5.74) is -0.167. The topological polar surface area (TPSA) is 191 Å². The van der Waals surface area contributed by atoms with Gasteiger partial charge < -0.3 is 31.1 Å². The summed E-state index contributed by atoms with van der Waals surface area (Å²) < 4.78 is 0. The second-order valence-corrected chi connectivity index (χ2v) is 20.0. The van der Waals surface area contributed by atoms with Gasteiger partial charge in [-0.05, 0) is 93.9 Å². The predicted octanol–water partition coefficient (Wildman–Crippen LogP) is 5.52. The average Bonchev–Trinajstić information content (AvgIpc) is 3.04. The van der Waals surface area contributed by atoms with Crippen LogP contribution in [0.1, 0.15) is 107 Å². The number of rotatable bonds is 17. The number of aliphatic imine (C=N–C) groups is 2. The fourth-order valence-electron chi connectivity index (χ4n) is 7.62. The quantitative estimate of drug-likeness (QED) is 0.0887. The van der Waals surface area contributed by atoms with Crippen molar-refractivity contribution in [3.8, 4) is 0 Å². The van der Waals surface area contributed by atoms with Crippen molar-refractivity contribution in [1.29, 1.82) is 0 Å². The van der Waals surface area contributed by atoms with Crippen LogP contribution >= 0.6 is 23.5 Å². The molecule has 16 nitrogen and oxygen atoms in total. The molecule has 2 amide bonds. The first-order valence-electron chi connectivity index (χ1n) is 19.5. The smallest absolute Gasteiger partial charge is 0.264 e. The molecule has 2 aliphatic rings. The van der Waals surface area contributed by atoms with Gasteiger partial charge in [-0.15, -0.1) is 0 Å². The minimum absolute atomic E-state index is 0.0417. The molecule has 310 valence electrons. The van der Waals surface area contributed by atoms with Crippen LogP contribution in [0.4, 0.5) is 23.8 Å². The molecule has 2 aromatic heterocycles. The molecule has 4 N–H and O–H groups in total. The molecule has 0 atom stereocenters. The van der Waals surface area contributed by atoms with Gasteiger partial charge in [-0.2, -0.15) is 29.9 Å². The Bertz CT molecular complexity index is 1560. The Morgan fingerprint density at radius 1 is 0.607 bits per heavy atom. The van der Waals surface area contributed by atoms with Gasteiger partial charge in [0.05, 0.1) is 12.4 Å². The summed E-state index contributed by atoms with van der Waals surface area (Å²) in [7, 11) is 6.71. The maximum atomic E-state index is 12.2. The number of amides is 2. The summed E-state index contributed by atoms with van der Waals surface area (Å²) in [6.45, 7) is 17.7. The van der Waals surface area contributed by atoms with E-state index in [9.17, 15) is 9.59 Å². The molecule has 4 heterocycles. The van der Waals surface area contributed by atoms with Crippen molar-refractivity contribution < 1.29 is 9.59 Å². The maximum absolute atomic E-state index is 12.2. The van der Waals surface area contributed by atoms with Crippen LogP contribution in [0.25, 0.3) is 0 Å². The summed E-state index contributed by atoms with van der Waals surface area (Å²) in [5.74, 6) is 2.57. The minimum atomic E-state index is -0.238. The molecule has 4 rings (SSSR count). The normalized spacial score (nSPS) is 19.3. The van der Waals surface area contributed by atoms with E-state index in [2.05, 4.69) is 107 Å². The van der Waals surface area contributed by atoms with Crippen LogP contribution in [0.5, 0.6) is 0 Å². The highest BCUT2D eigenvalue weighted by atomic mass is 32.2. The van der Waals surface area contributed by atoms with E-state index in [4.69, 9.17) is 9.97 Å². The number of carbonyl (C=O) groups is 2. The van der Waals surface area contributed by atoms with E-state index < -0.39 is 0 Å². The zero-order valence-electron chi connectivity index (χ0n) is 35.5. The fraction of sp³-hybridized carbons (Fsp3) is 0.737. The van der Waals surface area contributed by atoms with Crippen molar-refractivity contribution >= 4 is 71.6 Å². The monoisotopic (exact) mass is 812 g/mol. The Morgan fingerprint density at radius 2 is 0.946 bits per heavy atom. The molecular formula is C38H64N14O2S2. The van der Waals surface area contributed by atoms with E-state index in [1.54, 1.807) is 51.7 Å². The predicted molar refractivity (Wildman–Crippen MR) is 229 cm³/mol. The van der Waals surface area contributed by atoms with E-state index in [0.717, 1.165) is 62.9 Å². The van der Waals surface area contributed by atoms with Crippen molar-refractivity contribution in [3.05, 3.63) is 0 Å². The van der Waals surface area contributed by atoms with Crippen LogP contribution < -0.4 is 21.3 Å². The van der Waals surface area contributed by atoms with Crippen LogP contribution in [0.3, 0.4) is 0 Å². The average molecular weight is 813 g/mol. The number of hydrogen-bond acceptors (Lipinski definition) is 16. The zero-order chi connectivity index (χ0) is 41.3. The number of piperidine rings is 2. The lowest BCUT2D eigenvalue weighted by Crippen LogP contribution is -2.60. The lowest BCUT2D eigenvalue weighted by atomic mass is 9.79. The van der Waals surface area contributed by atoms with Gasteiger partial charge in [-0.1, -0.05) is 36.4 Å². The number of nitrogens with one attached hydrogen (secondary N) is 4. The first-order chi connectivity index (χ1) is 26.1. The van der Waals surface area contributed by atoms with Crippen molar-refractivity contribution in [2.45, 2.75) is 151 Å². The van der Waals surface area contributed by atoms with Gasteiger partial charge in [0.2, 0.25) is 11.9 Å². The van der Waals surface area contributed by atoms with Crippen molar-refractivity contribution in [2.75, 3.05) is 50.3 Å². The summed E-state index contributed by atoms with van der Waals surface area (Å²) in [4.78, 5) is 63.6. The van der Waals surface area contributed by atoms with Crippen molar-refractivity contribution in [2.24, 2.45) is 9.98 Å². The van der Waals surface area contributed by atoms with Crippen LogP contribution in [0.2, 0.25) is 0 Å². The number of hydrogen-bond donors (Lipinski definition) is 4. The Labute approximate surface area is 342 Å². The largest absolute Gasteiger partial charge is 0.351 e. The summed E-state index contributed by atoms with van der Waals surface area (Å²) >= 11 is 3.14. The summed E-state index contributed by atoms with van der Waals surface area (Å²) in [5, 5.41) is 15.7. The van der Waals surface area contributed by atoms with E-state index >= 15 is 0 Å². The SMILES string of the molecule is CN(C)C(=O)C=Nc1nc(NC2CC(C)(C)NC(C)(C)C2)nc(SCCCCCCSc2nc(N=CC(=O)N(C)C)nc(NC3CC(C)(C)NC(C)(C)C3)n2)n1. The van der Waals surface area contributed by atoms with Gasteiger partial charge in [-0.25, -0.2) is 9.98 Å². The van der Waals surface area contributed by atoms with Crippen molar-refractivity contribution in [3.63, 3.8) is 0 Å². The maximum Gasteiger partial charge on any atom is 0.264 e. The van der Waals surface area contributed by atoms with Crippen LogP contribution in [-0.2, 0) is 9.59 Å². The summed E-state index contributed by atoms with van der Waals surface area (Å²) in [6, 6.07) is 0.335. The molecule has 0 aliphatic carbocycles. The minimum Gasteiger partial charge on any atom is -0.351 e. The molecule has 2 aromatic rings. The Hall–Kier alpha value is -3.48. The number of carbonyl (C=O) groups excluding carboxylic acids is 2. The molecular weight excluding hydrogens is 749 g/mol. The van der Waals surface area contributed by atoms with Gasteiger partial charge in [0.1, 0.15) is 0 Å². The fourth-order valence-corrected chi connectivity index (χ4v) is 9.28. The van der Waals surface area contributed by atoms with E-state index in [-0.39, 0.29) is 58.0 Å². The highest BCUT2D eigenvalue weighted by Gasteiger charge is 2.39. The third kappa shape index (κ3) is 15.5. The lowest BCUT2D eigenvalue weighted by Gasteiger charge is -2.46. The number of unbranched alkanes of at least 4 members (excludes halogenated alkanes) is 3. The van der Waals surface area contributed by atoms with Crippen LogP contribution in [0.15, 0.2) is 20.3 Å². The highest BCUT2D eigenvalue weighted by molar-refractivity contribution is 7.99. The van der Waals surface area contributed by atoms with Gasteiger partial charge in [0.15, 0.2) is 10.3 Å². The second-order valence-electron chi connectivity index (χ2n) is 17.9. The Morgan fingerprint density at radius 3 is 1.27 bits per heavy atom. The van der Waals surface area contributed by atoms with Gasteiger partial charge >= 0.3 is 0 Å². The number of thioether (sulfide) groups is 2. The van der Waals surface area contributed by atoms with E-state index in [0.29, 0.717) is 22.2 Å². The van der Waals surface area contributed by atoms with Crippen LogP contribution in [0, 0.1) is 0 Å². The molecule has 0 saturated carbocycles. The van der Waals surface area contributed by atoms with Crippen molar-refractivity contribution in [1.82, 2.24) is 50.3 Å². The van der Waals surface area contributed by atoms with Gasteiger partial charge in [-0.3, -0.25) is 9.59 Å². The second kappa shape index (κ2) is 19.3. The van der Waals surface area contributed by atoms with Gasteiger partial charge in [0, 0.05) is 73.9 Å². The van der Waals surface area contributed by atoms with E-state index in [1.165, 1.54) is 22.2 Å². The molecule has 56 heavy (non-hydrogen) atoms. The first-order valence-corrected chi connectivity index (χ1v) is 21.4. The number of nitrogens with zero attached hydrogens (tertiary/aromatic N) is 10. The number of anilines is 2.